The number of rotatable bonds is 1. The van der Waals surface area contributed by atoms with Crippen molar-refractivity contribution in [3.63, 3.8) is 0 Å². The molecule has 0 amide bonds. The SMILES string of the molecule is CS[C@@H]1CCCNC1. The Kier molecular flexibility index (Phi) is 2.70. The van der Waals surface area contributed by atoms with Gasteiger partial charge in [-0.05, 0) is 25.6 Å². The fraction of sp³-hybridized carbons (Fsp3) is 1.00. The van der Waals surface area contributed by atoms with E-state index in [2.05, 4.69) is 11.6 Å². The van der Waals surface area contributed by atoms with E-state index in [1.54, 1.807) is 0 Å². The summed E-state index contributed by atoms with van der Waals surface area (Å²) in [6.07, 6.45) is 4.97. The molecular weight excluding hydrogens is 118 g/mol. The Morgan fingerprint density at radius 1 is 1.62 bits per heavy atom. The van der Waals surface area contributed by atoms with Crippen LogP contribution in [0.3, 0.4) is 0 Å². The molecule has 48 valence electrons. The highest BCUT2D eigenvalue weighted by molar-refractivity contribution is 7.99. The second-order valence-corrected chi connectivity index (χ2v) is 3.34. The molecule has 0 aromatic heterocycles. The molecule has 1 N–H and O–H groups in total. The molecule has 0 saturated carbocycles. The van der Waals surface area contributed by atoms with Gasteiger partial charge in [-0.2, -0.15) is 11.8 Å². The van der Waals surface area contributed by atoms with Crippen LogP contribution in [0.15, 0.2) is 0 Å². The largest absolute Gasteiger partial charge is 0.316 e. The summed E-state index contributed by atoms with van der Waals surface area (Å²) in [5.41, 5.74) is 0. The van der Waals surface area contributed by atoms with Crippen LogP contribution in [0.2, 0.25) is 0 Å². The maximum absolute atomic E-state index is 3.36. The molecule has 1 aliphatic rings. The van der Waals surface area contributed by atoms with Crippen molar-refractivity contribution in [2.45, 2.75) is 18.1 Å². The summed E-state index contributed by atoms with van der Waals surface area (Å²) >= 11 is 1.98. The molecule has 1 atom stereocenters. The first-order chi connectivity index (χ1) is 3.93. The first-order valence-electron chi connectivity index (χ1n) is 3.17. The third kappa shape index (κ3) is 1.67. The number of nitrogens with one attached hydrogen (secondary N) is 1. The van der Waals surface area contributed by atoms with Gasteiger partial charge in [0.25, 0.3) is 0 Å². The Hall–Kier alpha value is 0.310. The Balaban J connectivity index is 2.13. The topological polar surface area (TPSA) is 12.0 Å². The molecule has 1 rings (SSSR count). The molecule has 0 spiro atoms. The average molecular weight is 131 g/mol. The quantitative estimate of drug-likeness (QED) is 0.572. The molecule has 1 saturated heterocycles. The van der Waals surface area contributed by atoms with Gasteiger partial charge in [0, 0.05) is 11.8 Å². The lowest BCUT2D eigenvalue weighted by Gasteiger charge is -2.19. The fourth-order valence-electron chi connectivity index (χ4n) is 1.02. The predicted molar refractivity (Wildman–Crippen MR) is 39.4 cm³/mol. The van der Waals surface area contributed by atoms with Gasteiger partial charge >= 0.3 is 0 Å². The number of piperidine rings is 1. The van der Waals surface area contributed by atoms with Gasteiger partial charge in [-0.15, -0.1) is 0 Å². The van der Waals surface area contributed by atoms with Crippen molar-refractivity contribution in [3.05, 3.63) is 0 Å². The molecule has 0 aromatic carbocycles. The van der Waals surface area contributed by atoms with Gasteiger partial charge in [-0.1, -0.05) is 0 Å². The Morgan fingerprint density at radius 3 is 2.88 bits per heavy atom. The molecule has 2 heteroatoms. The molecule has 1 fully saturated rings. The lowest BCUT2D eigenvalue weighted by atomic mass is 10.2. The molecule has 8 heavy (non-hydrogen) atoms. The van der Waals surface area contributed by atoms with Crippen molar-refractivity contribution in [2.24, 2.45) is 0 Å². The van der Waals surface area contributed by atoms with E-state index in [0.717, 1.165) is 5.25 Å². The third-order valence-electron chi connectivity index (χ3n) is 1.58. The summed E-state index contributed by atoms with van der Waals surface area (Å²) in [5.74, 6) is 0. The van der Waals surface area contributed by atoms with Crippen LogP contribution >= 0.6 is 11.8 Å². The summed E-state index contributed by atoms with van der Waals surface area (Å²) in [4.78, 5) is 0. The minimum Gasteiger partial charge on any atom is -0.316 e. The smallest absolute Gasteiger partial charge is 0.0170 e. The first kappa shape index (κ1) is 6.43. The minimum atomic E-state index is 0.892. The predicted octanol–water partition coefficient (Wildman–Crippen LogP) is 1.10. The van der Waals surface area contributed by atoms with E-state index in [1.165, 1.54) is 25.9 Å². The minimum absolute atomic E-state index is 0.892. The summed E-state index contributed by atoms with van der Waals surface area (Å²) < 4.78 is 0. The van der Waals surface area contributed by atoms with Gasteiger partial charge in [0.1, 0.15) is 0 Å². The summed E-state index contributed by atoms with van der Waals surface area (Å²) in [6, 6.07) is 0. The van der Waals surface area contributed by atoms with Crippen LogP contribution in [0, 0.1) is 0 Å². The van der Waals surface area contributed by atoms with E-state index in [-0.39, 0.29) is 0 Å². The fourth-order valence-corrected chi connectivity index (χ4v) is 1.71. The van der Waals surface area contributed by atoms with E-state index in [1.807, 2.05) is 11.8 Å². The van der Waals surface area contributed by atoms with E-state index in [9.17, 15) is 0 Å². The van der Waals surface area contributed by atoms with Crippen LogP contribution in [0.25, 0.3) is 0 Å². The third-order valence-corrected chi connectivity index (χ3v) is 2.65. The standard InChI is InChI=1S/C6H13NS/c1-8-6-3-2-4-7-5-6/h6-7H,2-5H2,1H3/t6-/m1/s1. The van der Waals surface area contributed by atoms with Crippen molar-refractivity contribution in [2.75, 3.05) is 19.3 Å². The molecule has 1 aliphatic heterocycles. The van der Waals surface area contributed by atoms with Gasteiger partial charge in [0.2, 0.25) is 0 Å². The Morgan fingerprint density at radius 2 is 2.50 bits per heavy atom. The lowest BCUT2D eigenvalue weighted by Crippen LogP contribution is -2.31. The van der Waals surface area contributed by atoms with E-state index in [4.69, 9.17) is 0 Å². The van der Waals surface area contributed by atoms with Crippen LogP contribution in [0.4, 0.5) is 0 Å². The second-order valence-electron chi connectivity index (χ2n) is 2.20. The molecule has 1 heterocycles. The number of thioether (sulfide) groups is 1. The lowest BCUT2D eigenvalue weighted by molar-refractivity contribution is 0.532. The summed E-state index contributed by atoms with van der Waals surface area (Å²) in [5, 5.41) is 4.26. The molecule has 1 nitrogen and oxygen atoms in total. The normalized spacial score (nSPS) is 30.4. The maximum Gasteiger partial charge on any atom is 0.0170 e. The summed E-state index contributed by atoms with van der Waals surface area (Å²) in [7, 11) is 0. The first-order valence-corrected chi connectivity index (χ1v) is 4.46. The van der Waals surface area contributed by atoms with Gasteiger partial charge < -0.3 is 5.32 Å². The Labute approximate surface area is 55.2 Å². The van der Waals surface area contributed by atoms with Gasteiger partial charge in [-0.3, -0.25) is 0 Å². The molecule has 0 aliphatic carbocycles. The van der Waals surface area contributed by atoms with Gasteiger partial charge in [0.15, 0.2) is 0 Å². The van der Waals surface area contributed by atoms with Crippen molar-refractivity contribution in [3.8, 4) is 0 Å². The zero-order chi connectivity index (χ0) is 5.82. The van der Waals surface area contributed by atoms with Crippen LogP contribution in [0.1, 0.15) is 12.8 Å². The van der Waals surface area contributed by atoms with Crippen molar-refractivity contribution >= 4 is 11.8 Å². The maximum atomic E-state index is 3.36. The van der Waals surface area contributed by atoms with Gasteiger partial charge in [-0.25, -0.2) is 0 Å². The molecule has 0 aromatic rings. The van der Waals surface area contributed by atoms with Crippen molar-refractivity contribution < 1.29 is 0 Å². The van der Waals surface area contributed by atoms with Crippen LogP contribution in [-0.4, -0.2) is 24.6 Å². The zero-order valence-electron chi connectivity index (χ0n) is 5.31. The van der Waals surface area contributed by atoms with E-state index >= 15 is 0 Å². The molecule has 0 radical (unpaired) electrons. The Bertz CT molecular complexity index is 59.5. The zero-order valence-corrected chi connectivity index (χ0v) is 6.13. The highest BCUT2D eigenvalue weighted by Gasteiger charge is 2.09. The van der Waals surface area contributed by atoms with Crippen molar-refractivity contribution in [1.82, 2.24) is 5.32 Å². The van der Waals surface area contributed by atoms with E-state index < -0.39 is 0 Å². The van der Waals surface area contributed by atoms with E-state index in [0.29, 0.717) is 0 Å². The van der Waals surface area contributed by atoms with Crippen molar-refractivity contribution in [1.29, 1.82) is 0 Å². The number of hydrogen-bond acceptors (Lipinski definition) is 2. The van der Waals surface area contributed by atoms with Crippen LogP contribution in [-0.2, 0) is 0 Å². The molecule has 0 unspecified atom stereocenters. The van der Waals surface area contributed by atoms with Crippen LogP contribution < -0.4 is 5.32 Å². The number of hydrogen-bond donors (Lipinski definition) is 1. The molecular formula is C6H13NS. The summed E-state index contributed by atoms with van der Waals surface area (Å²) in [6.45, 7) is 2.46. The highest BCUT2D eigenvalue weighted by atomic mass is 32.2. The average Bonchev–Trinajstić information content (AvgIpc) is 1.90. The monoisotopic (exact) mass is 131 g/mol. The second kappa shape index (κ2) is 3.36. The molecule has 0 bridgehead atoms. The highest BCUT2D eigenvalue weighted by Crippen LogP contribution is 2.14. The van der Waals surface area contributed by atoms with Gasteiger partial charge in [0.05, 0.1) is 0 Å². The van der Waals surface area contributed by atoms with Crippen LogP contribution in [0.5, 0.6) is 0 Å².